The fourth-order valence-corrected chi connectivity index (χ4v) is 7.29. The highest BCUT2D eigenvalue weighted by Gasteiger charge is 2.36. The van der Waals surface area contributed by atoms with Crippen molar-refractivity contribution in [2.75, 3.05) is 44.6 Å². The van der Waals surface area contributed by atoms with Crippen LogP contribution in [0.2, 0.25) is 0 Å². The van der Waals surface area contributed by atoms with E-state index in [0.29, 0.717) is 76.1 Å². The second-order valence-electron chi connectivity index (χ2n) is 13.2. The summed E-state index contributed by atoms with van der Waals surface area (Å²) >= 11 is 0. The summed E-state index contributed by atoms with van der Waals surface area (Å²) in [6.45, 7) is 10.4. The number of benzene rings is 2. The second-order valence-corrected chi connectivity index (χ2v) is 13.2. The number of carbonyl (C=O) groups is 4. The summed E-state index contributed by atoms with van der Waals surface area (Å²) in [4.78, 5) is 60.0. The largest absolute Gasteiger partial charge is 0.507 e. The summed E-state index contributed by atoms with van der Waals surface area (Å²) in [5.41, 5.74) is 4.15. The number of ether oxygens (including phenoxy) is 1. The highest BCUT2D eigenvalue weighted by atomic mass is 16.6. The van der Waals surface area contributed by atoms with Crippen LogP contribution in [0.4, 0.5) is 15.3 Å². The van der Waals surface area contributed by atoms with E-state index in [1.807, 2.05) is 67.0 Å². The Morgan fingerprint density at radius 1 is 0.979 bits per heavy atom. The number of rotatable bonds is 8. The number of nitrogens with zero attached hydrogens (tertiary/aromatic N) is 4. The number of anilines is 1. The van der Waals surface area contributed by atoms with E-state index >= 15 is 0 Å². The van der Waals surface area contributed by atoms with Crippen LogP contribution in [0.1, 0.15) is 68.2 Å². The Balaban J connectivity index is 1.23. The van der Waals surface area contributed by atoms with Crippen molar-refractivity contribution in [1.82, 2.24) is 19.6 Å². The summed E-state index contributed by atoms with van der Waals surface area (Å²) in [5, 5.41) is 13.3. The number of hydrogen-bond donors (Lipinski definition) is 2. The molecule has 2 saturated heterocycles. The molecule has 3 heterocycles. The van der Waals surface area contributed by atoms with E-state index in [2.05, 4.69) is 5.32 Å². The van der Waals surface area contributed by atoms with Crippen LogP contribution in [0.15, 0.2) is 36.4 Å². The van der Waals surface area contributed by atoms with E-state index in [9.17, 15) is 24.3 Å². The van der Waals surface area contributed by atoms with Crippen LogP contribution in [-0.2, 0) is 27.2 Å². The Bertz CT molecular complexity index is 1440. The monoisotopic (exact) mass is 647 g/mol. The lowest BCUT2D eigenvalue weighted by Crippen LogP contribution is -2.53. The van der Waals surface area contributed by atoms with Crippen molar-refractivity contribution in [2.45, 2.75) is 90.8 Å². The number of para-hydroxylation sites is 1. The molecule has 0 bridgehead atoms. The molecule has 5 amide bonds. The van der Waals surface area contributed by atoms with E-state index in [1.54, 1.807) is 16.7 Å². The third kappa shape index (κ3) is 8.00. The molecule has 2 fully saturated rings. The Hall–Kier alpha value is -4.28. The number of likely N-dealkylation sites (tertiary alicyclic amines) is 2. The number of phenolic OH excluding ortho intramolecular Hbond substituents is 1. The van der Waals surface area contributed by atoms with Crippen LogP contribution < -0.4 is 5.32 Å². The van der Waals surface area contributed by atoms with Crippen LogP contribution in [-0.4, -0.2) is 106 Å². The van der Waals surface area contributed by atoms with Gasteiger partial charge in [-0.25, -0.2) is 9.59 Å². The van der Waals surface area contributed by atoms with Crippen LogP contribution in [0.3, 0.4) is 0 Å². The molecule has 2 aromatic carbocycles. The van der Waals surface area contributed by atoms with Crippen molar-refractivity contribution < 1.29 is 29.0 Å². The summed E-state index contributed by atoms with van der Waals surface area (Å²) in [5.74, 6) is 0.00946. The molecule has 0 aromatic heterocycles. The molecule has 0 saturated carbocycles. The summed E-state index contributed by atoms with van der Waals surface area (Å²) < 4.78 is 6.01. The normalized spacial score (nSPS) is 18.2. The fourth-order valence-electron chi connectivity index (χ4n) is 7.29. The van der Waals surface area contributed by atoms with Crippen molar-refractivity contribution >= 4 is 29.6 Å². The van der Waals surface area contributed by atoms with Gasteiger partial charge in [0.15, 0.2) is 6.10 Å². The van der Waals surface area contributed by atoms with Crippen LogP contribution >= 0.6 is 0 Å². The molecule has 2 N–H and O–H groups in total. The first-order valence-electron chi connectivity index (χ1n) is 17.0. The summed E-state index contributed by atoms with van der Waals surface area (Å²) in [6, 6.07) is 11.5. The highest BCUT2D eigenvalue weighted by molar-refractivity contribution is 5.91. The Morgan fingerprint density at radius 2 is 1.62 bits per heavy atom. The standard InChI is InChI=1S/C36H49N5O6/c1-5-15-40(26(4)42)29-11-16-38(17-12-29)34(44)32(23-27-21-24(2)33(43)25(3)22-27)47-36(46)39-18-13-30(14-19-39)41-20-10-28-8-6-7-9-31(28)37-35(41)45/h6-9,21-22,29-30,32,43H,5,10-20,23H2,1-4H3,(H,37,45)/t32-/m1/s1. The topological polar surface area (TPSA) is 123 Å². The first-order chi connectivity index (χ1) is 22.5. The molecule has 47 heavy (non-hydrogen) atoms. The lowest BCUT2D eigenvalue weighted by molar-refractivity contribution is -0.143. The number of urea groups is 1. The third-order valence-corrected chi connectivity index (χ3v) is 9.88. The maximum absolute atomic E-state index is 14.0. The maximum Gasteiger partial charge on any atom is 0.410 e. The molecule has 3 aliphatic rings. The number of phenols is 1. The minimum absolute atomic E-state index is 0.00249. The predicted molar refractivity (Wildman–Crippen MR) is 179 cm³/mol. The molecule has 0 aliphatic carbocycles. The van der Waals surface area contributed by atoms with Crippen LogP contribution in [0.25, 0.3) is 0 Å². The second kappa shape index (κ2) is 15.1. The van der Waals surface area contributed by atoms with Gasteiger partial charge in [-0.05, 0) is 80.7 Å². The molecule has 2 aromatic rings. The van der Waals surface area contributed by atoms with E-state index in [0.717, 1.165) is 29.7 Å². The van der Waals surface area contributed by atoms with Crippen molar-refractivity contribution in [3.63, 3.8) is 0 Å². The lowest BCUT2D eigenvalue weighted by Gasteiger charge is -2.40. The number of piperidine rings is 2. The molecule has 0 spiro atoms. The Morgan fingerprint density at radius 3 is 2.26 bits per heavy atom. The molecule has 1 atom stereocenters. The van der Waals surface area contributed by atoms with Gasteiger partial charge < -0.3 is 34.8 Å². The quantitative estimate of drug-likeness (QED) is 0.422. The molecule has 3 aliphatic heterocycles. The van der Waals surface area contributed by atoms with Crippen molar-refractivity contribution in [1.29, 1.82) is 0 Å². The first-order valence-corrected chi connectivity index (χ1v) is 17.0. The average molecular weight is 648 g/mol. The molecule has 254 valence electrons. The zero-order chi connectivity index (χ0) is 33.7. The van der Waals surface area contributed by atoms with Gasteiger partial charge in [-0.15, -0.1) is 0 Å². The molecule has 5 rings (SSSR count). The van der Waals surface area contributed by atoms with Crippen molar-refractivity contribution in [2.24, 2.45) is 0 Å². The minimum atomic E-state index is -1.03. The average Bonchev–Trinajstić information content (AvgIpc) is 3.23. The smallest absolute Gasteiger partial charge is 0.410 e. The van der Waals surface area contributed by atoms with Gasteiger partial charge in [0, 0.05) is 70.4 Å². The number of amides is 5. The zero-order valence-corrected chi connectivity index (χ0v) is 28.2. The van der Waals surface area contributed by atoms with Crippen molar-refractivity contribution in [3.8, 4) is 5.75 Å². The third-order valence-electron chi connectivity index (χ3n) is 9.88. The van der Waals surface area contributed by atoms with Gasteiger partial charge in [0.25, 0.3) is 5.91 Å². The van der Waals surface area contributed by atoms with E-state index < -0.39 is 12.2 Å². The molecule has 0 radical (unpaired) electrons. The number of hydrogen-bond acceptors (Lipinski definition) is 6. The van der Waals surface area contributed by atoms with Gasteiger partial charge in [-0.3, -0.25) is 9.59 Å². The maximum atomic E-state index is 14.0. The SMILES string of the molecule is CCCN(C(C)=O)C1CCN(C(=O)[C@@H](Cc2cc(C)c(O)c(C)c2)OC(=O)N2CCC(N3CCc4ccccc4NC3=O)CC2)CC1. The number of aromatic hydroxyl groups is 1. The molecular weight excluding hydrogens is 598 g/mol. The van der Waals surface area contributed by atoms with Gasteiger partial charge in [0.2, 0.25) is 5.91 Å². The molecular formula is C36H49N5O6. The van der Waals surface area contributed by atoms with E-state index in [4.69, 9.17) is 4.74 Å². The number of aryl methyl sites for hydroxylation is 2. The Labute approximate surface area is 277 Å². The van der Waals surface area contributed by atoms with Gasteiger partial charge in [0.05, 0.1) is 0 Å². The van der Waals surface area contributed by atoms with Crippen LogP contribution in [0.5, 0.6) is 5.75 Å². The lowest BCUT2D eigenvalue weighted by atomic mass is 9.99. The van der Waals surface area contributed by atoms with Gasteiger partial charge >= 0.3 is 12.1 Å². The molecule has 11 nitrogen and oxygen atoms in total. The van der Waals surface area contributed by atoms with Gasteiger partial charge in [-0.1, -0.05) is 37.3 Å². The van der Waals surface area contributed by atoms with E-state index in [1.165, 1.54) is 0 Å². The summed E-state index contributed by atoms with van der Waals surface area (Å²) in [7, 11) is 0. The zero-order valence-electron chi connectivity index (χ0n) is 28.2. The number of fused-ring (bicyclic) bond motifs is 1. The minimum Gasteiger partial charge on any atom is -0.507 e. The predicted octanol–water partition coefficient (Wildman–Crippen LogP) is 4.86. The highest BCUT2D eigenvalue weighted by Crippen LogP contribution is 2.27. The number of carbonyl (C=O) groups excluding carboxylic acids is 4. The van der Waals surface area contributed by atoms with E-state index in [-0.39, 0.29) is 42.1 Å². The van der Waals surface area contributed by atoms with Gasteiger partial charge in [0.1, 0.15) is 5.75 Å². The van der Waals surface area contributed by atoms with Crippen LogP contribution in [0, 0.1) is 13.8 Å². The molecule has 11 heteroatoms. The first kappa shape index (κ1) is 34.1. The number of nitrogens with one attached hydrogen (secondary N) is 1. The van der Waals surface area contributed by atoms with Gasteiger partial charge in [-0.2, -0.15) is 0 Å². The Kier molecular flexibility index (Phi) is 10.9. The van der Waals surface area contributed by atoms with Crippen molar-refractivity contribution in [3.05, 3.63) is 58.7 Å². The molecule has 0 unspecified atom stereocenters. The fraction of sp³-hybridized carbons (Fsp3) is 0.556. The summed E-state index contributed by atoms with van der Waals surface area (Å²) in [6.07, 6.45) is 2.83.